The summed E-state index contributed by atoms with van der Waals surface area (Å²) in [4.78, 5) is 19.4. The van der Waals surface area contributed by atoms with E-state index in [4.69, 9.17) is 0 Å². The van der Waals surface area contributed by atoms with Crippen molar-refractivity contribution < 1.29 is 4.79 Å². The van der Waals surface area contributed by atoms with Gasteiger partial charge >= 0.3 is 0 Å². The van der Waals surface area contributed by atoms with Crippen LogP contribution in [0.2, 0.25) is 0 Å². The number of nitrogens with zero attached hydrogens (tertiary/aromatic N) is 3. The van der Waals surface area contributed by atoms with Crippen LogP contribution in [0.4, 0.5) is 5.82 Å². The molecule has 5 heteroatoms. The van der Waals surface area contributed by atoms with Crippen LogP contribution in [0.5, 0.6) is 0 Å². The van der Waals surface area contributed by atoms with Crippen molar-refractivity contribution in [3.63, 3.8) is 0 Å². The summed E-state index contributed by atoms with van der Waals surface area (Å²) in [6.45, 7) is 2.95. The molecule has 0 bridgehead atoms. The maximum atomic E-state index is 11.0. The molecule has 86 valence electrons. The lowest BCUT2D eigenvalue weighted by molar-refractivity contribution is 0.112. The lowest BCUT2D eigenvalue weighted by atomic mass is 10.2. The Hall–Kier alpha value is -2.17. The van der Waals surface area contributed by atoms with Crippen LogP contribution in [0.25, 0.3) is 17.7 Å². The molecule has 3 heterocycles. The maximum absolute atomic E-state index is 11.0. The minimum absolute atomic E-state index is 0.571. The van der Waals surface area contributed by atoms with Crippen molar-refractivity contribution in [2.24, 2.45) is 0 Å². The first-order valence-electron chi connectivity index (χ1n) is 5.52. The van der Waals surface area contributed by atoms with E-state index in [1.807, 2.05) is 10.8 Å². The summed E-state index contributed by atoms with van der Waals surface area (Å²) in [6, 6.07) is 0. The Labute approximate surface area is 98.5 Å². The van der Waals surface area contributed by atoms with Gasteiger partial charge < -0.3 is 5.32 Å². The number of carbonyl (C=O) groups is 1. The lowest BCUT2D eigenvalue weighted by Crippen LogP contribution is -2.08. The molecule has 0 aromatic heterocycles. The minimum Gasteiger partial charge on any atom is -0.370 e. The van der Waals surface area contributed by atoms with Gasteiger partial charge in [-0.1, -0.05) is 5.57 Å². The first kappa shape index (κ1) is 10.0. The molecule has 3 aliphatic heterocycles. The molecule has 0 amide bonds. The average Bonchev–Trinajstić information content (AvgIpc) is 2.65. The highest BCUT2D eigenvalue weighted by Crippen LogP contribution is 2.28. The van der Waals surface area contributed by atoms with Crippen molar-refractivity contribution in [1.29, 1.82) is 0 Å². The van der Waals surface area contributed by atoms with E-state index in [0.717, 1.165) is 30.8 Å². The number of hydrogen-bond acceptors (Lipinski definition) is 4. The summed E-state index contributed by atoms with van der Waals surface area (Å²) < 4.78 is 1.96. The summed E-state index contributed by atoms with van der Waals surface area (Å²) in [6.07, 6.45) is 7.14. The van der Waals surface area contributed by atoms with Crippen molar-refractivity contribution in [3.8, 4) is 11.5 Å². The Bertz CT molecular complexity index is 585. The molecule has 3 aliphatic rings. The molecular weight excluding hydrogens is 216 g/mol. The molecule has 0 fully saturated rings. The van der Waals surface area contributed by atoms with Crippen molar-refractivity contribution >= 4 is 18.3 Å². The van der Waals surface area contributed by atoms with E-state index in [1.165, 1.54) is 5.57 Å². The first-order chi connectivity index (χ1) is 8.29. The van der Waals surface area contributed by atoms with Crippen molar-refractivity contribution in [2.45, 2.75) is 13.3 Å². The van der Waals surface area contributed by atoms with Crippen LogP contribution >= 0.6 is 0 Å². The number of fused-ring (bicyclic) bond motifs is 3. The molecule has 0 aromatic rings. The zero-order chi connectivity index (χ0) is 11.8. The van der Waals surface area contributed by atoms with Gasteiger partial charge in [-0.05, 0) is 13.3 Å². The number of anilines is 1. The zero-order valence-electron chi connectivity index (χ0n) is 9.47. The van der Waals surface area contributed by atoms with E-state index in [-0.39, 0.29) is 0 Å². The molecule has 0 saturated carbocycles. The number of aldehydes is 1. The van der Waals surface area contributed by atoms with Gasteiger partial charge in [0.05, 0.1) is 11.8 Å². The van der Waals surface area contributed by atoms with Gasteiger partial charge in [-0.15, -0.1) is 0 Å². The molecule has 17 heavy (non-hydrogen) atoms. The fourth-order valence-corrected chi connectivity index (χ4v) is 2.05. The van der Waals surface area contributed by atoms with Gasteiger partial charge in [0, 0.05) is 18.9 Å². The highest BCUT2D eigenvalue weighted by molar-refractivity contribution is 5.86. The molecule has 1 N–H and O–H groups in total. The van der Waals surface area contributed by atoms with E-state index in [9.17, 15) is 4.79 Å². The summed E-state index contributed by atoms with van der Waals surface area (Å²) in [7, 11) is 0. The van der Waals surface area contributed by atoms with Crippen molar-refractivity contribution in [2.75, 3.05) is 11.9 Å². The fraction of sp³-hybridized carbons (Fsp3) is 0.250. The molecule has 0 saturated heterocycles. The summed E-state index contributed by atoms with van der Waals surface area (Å²) in [5.74, 6) is 1.49. The summed E-state index contributed by atoms with van der Waals surface area (Å²) in [5.41, 5.74) is 2.60. The lowest BCUT2D eigenvalue weighted by Gasteiger charge is -2.13. The summed E-state index contributed by atoms with van der Waals surface area (Å²) >= 11 is 0. The Balaban J connectivity index is 2.33. The van der Waals surface area contributed by atoms with Gasteiger partial charge in [-0.2, -0.15) is 0 Å². The normalized spacial score (nSPS) is 14.8. The van der Waals surface area contributed by atoms with Gasteiger partial charge in [-0.25, -0.2) is 9.97 Å². The van der Waals surface area contributed by atoms with E-state index in [2.05, 4.69) is 22.2 Å². The third kappa shape index (κ3) is 1.51. The van der Waals surface area contributed by atoms with Crippen LogP contribution < -0.4 is 5.32 Å². The van der Waals surface area contributed by atoms with Crippen LogP contribution in [0, 0.1) is 0 Å². The standard InChI is InChI=1S/C12H12N4O/c1-8-2-3-13-10-5-15-12-11(16(10)6-8)9(7-17)4-14-12/h4-7,13H,2-3H2,1H3. The van der Waals surface area contributed by atoms with Gasteiger partial charge in [0.1, 0.15) is 11.5 Å². The summed E-state index contributed by atoms with van der Waals surface area (Å²) in [5, 5.41) is 3.29. The van der Waals surface area contributed by atoms with Gasteiger partial charge in [-0.3, -0.25) is 9.36 Å². The first-order valence-corrected chi connectivity index (χ1v) is 5.52. The highest BCUT2D eigenvalue weighted by atomic mass is 16.1. The Morgan fingerprint density at radius 2 is 2.24 bits per heavy atom. The number of hydrogen-bond donors (Lipinski definition) is 1. The SMILES string of the molecule is CC1=Cn2c(cnc3ncc(C=O)c2-3)NCC1. The molecule has 3 rings (SSSR count). The molecule has 0 atom stereocenters. The van der Waals surface area contributed by atoms with E-state index in [1.54, 1.807) is 12.4 Å². The smallest absolute Gasteiger partial charge is 0.177 e. The van der Waals surface area contributed by atoms with Crippen LogP contribution in [0.15, 0.2) is 18.0 Å². The number of carbonyl (C=O) groups excluding carboxylic acids is 1. The Morgan fingerprint density at radius 3 is 3.06 bits per heavy atom. The molecule has 5 nitrogen and oxygen atoms in total. The topological polar surface area (TPSA) is 59.8 Å². The highest BCUT2D eigenvalue weighted by Gasteiger charge is 2.19. The third-order valence-corrected chi connectivity index (χ3v) is 2.92. The largest absolute Gasteiger partial charge is 0.370 e. The Morgan fingerprint density at radius 1 is 1.41 bits per heavy atom. The molecule has 0 aliphatic carbocycles. The van der Waals surface area contributed by atoms with Crippen molar-refractivity contribution in [1.82, 2.24) is 14.5 Å². The average molecular weight is 228 g/mol. The molecule has 0 spiro atoms. The molecular formula is C12H12N4O. The predicted octanol–water partition coefficient (Wildman–Crippen LogP) is 1.87. The van der Waals surface area contributed by atoms with Crippen LogP contribution in [-0.2, 0) is 0 Å². The van der Waals surface area contributed by atoms with Crippen LogP contribution in [0.3, 0.4) is 0 Å². The van der Waals surface area contributed by atoms with Crippen molar-refractivity contribution in [3.05, 3.63) is 23.5 Å². The van der Waals surface area contributed by atoms with Crippen LogP contribution in [0.1, 0.15) is 23.7 Å². The second kappa shape index (κ2) is 3.69. The van der Waals surface area contributed by atoms with Crippen LogP contribution in [-0.4, -0.2) is 27.4 Å². The Kier molecular flexibility index (Phi) is 2.18. The number of nitrogens with one attached hydrogen (secondary N) is 1. The number of aromatic nitrogens is 3. The monoisotopic (exact) mass is 228 g/mol. The predicted molar refractivity (Wildman–Crippen MR) is 65.1 cm³/mol. The van der Waals surface area contributed by atoms with Gasteiger partial charge in [0.2, 0.25) is 0 Å². The molecule has 0 unspecified atom stereocenters. The fourth-order valence-electron chi connectivity index (χ4n) is 2.05. The van der Waals surface area contributed by atoms with E-state index in [0.29, 0.717) is 11.4 Å². The maximum Gasteiger partial charge on any atom is 0.177 e. The third-order valence-electron chi connectivity index (χ3n) is 2.92. The second-order valence-corrected chi connectivity index (χ2v) is 4.17. The van der Waals surface area contributed by atoms with E-state index < -0.39 is 0 Å². The van der Waals surface area contributed by atoms with Gasteiger partial charge in [0.15, 0.2) is 12.1 Å². The molecule has 0 aromatic carbocycles. The second-order valence-electron chi connectivity index (χ2n) is 4.17. The minimum atomic E-state index is 0.571. The molecule has 0 radical (unpaired) electrons. The van der Waals surface area contributed by atoms with E-state index >= 15 is 0 Å². The number of rotatable bonds is 1. The quantitative estimate of drug-likeness (QED) is 0.757. The zero-order valence-corrected chi connectivity index (χ0v) is 9.47. The van der Waals surface area contributed by atoms with Gasteiger partial charge in [0.25, 0.3) is 0 Å².